The number of nitrogens with one attached hydrogen (secondary N) is 2. The largest absolute Gasteiger partial charge is 0.381 e. The third-order valence-corrected chi connectivity index (χ3v) is 5.32. The maximum absolute atomic E-state index is 3.87. The molecular weight excluding hydrogens is 256 g/mol. The molecule has 2 aliphatic rings. The average Bonchev–Trinajstić information content (AvgIpc) is 3.18. The molecule has 2 N–H and O–H groups in total. The number of benzene rings is 2. The molecule has 110 valence electrons. The van der Waals surface area contributed by atoms with Crippen LogP contribution < -0.4 is 10.6 Å². The van der Waals surface area contributed by atoms with Crippen LogP contribution >= 0.6 is 0 Å². The fourth-order valence-electron chi connectivity index (χ4n) is 4.28. The van der Waals surface area contributed by atoms with E-state index in [4.69, 9.17) is 0 Å². The molecule has 2 aromatic carbocycles. The highest BCUT2D eigenvalue weighted by molar-refractivity contribution is 5.93. The summed E-state index contributed by atoms with van der Waals surface area (Å²) in [6.45, 7) is 1.21. The van der Waals surface area contributed by atoms with Gasteiger partial charge in [0.25, 0.3) is 0 Å². The summed E-state index contributed by atoms with van der Waals surface area (Å²) in [5.41, 5.74) is 1.31. The van der Waals surface area contributed by atoms with Crippen molar-refractivity contribution in [3.63, 3.8) is 0 Å². The maximum Gasteiger partial charge on any atom is 0.0422 e. The summed E-state index contributed by atoms with van der Waals surface area (Å²) in [4.78, 5) is 0. The van der Waals surface area contributed by atoms with Gasteiger partial charge in [0, 0.05) is 23.2 Å². The lowest BCUT2D eigenvalue weighted by molar-refractivity contribution is 0.376. The van der Waals surface area contributed by atoms with Gasteiger partial charge in [0.1, 0.15) is 0 Å². The molecule has 2 nitrogen and oxygen atoms in total. The first-order valence-electron chi connectivity index (χ1n) is 8.39. The maximum atomic E-state index is 3.87. The van der Waals surface area contributed by atoms with Crippen molar-refractivity contribution in [2.75, 3.05) is 11.9 Å². The van der Waals surface area contributed by atoms with Crippen LogP contribution in [0.5, 0.6) is 0 Å². The van der Waals surface area contributed by atoms with Crippen LogP contribution in [-0.4, -0.2) is 18.6 Å². The molecule has 0 amide bonds. The summed E-state index contributed by atoms with van der Waals surface area (Å²) in [6.07, 6.45) is 6.76. The van der Waals surface area contributed by atoms with Gasteiger partial charge >= 0.3 is 0 Å². The van der Waals surface area contributed by atoms with Gasteiger partial charge in [-0.2, -0.15) is 0 Å². The minimum absolute atomic E-state index is 0.631. The zero-order chi connectivity index (χ0) is 14.1. The Morgan fingerprint density at radius 2 is 1.81 bits per heavy atom. The highest BCUT2D eigenvalue weighted by Crippen LogP contribution is 2.35. The molecule has 1 heterocycles. The zero-order valence-corrected chi connectivity index (χ0v) is 12.5. The zero-order valence-electron chi connectivity index (χ0n) is 12.5. The van der Waals surface area contributed by atoms with E-state index >= 15 is 0 Å². The van der Waals surface area contributed by atoms with E-state index in [2.05, 4.69) is 53.1 Å². The molecule has 2 heteroatoms. The first-order chi connectivity index (χ1) is 10.4. The molecule has 3 atom stereocenters. The molecule has 21 heavy (non-hydrogen) atoms. The van der Waals surface area contributed by atoms with Gasteiger partial charge in [-0.3, -0.25) is 0 Å². The van der Waals surface area contributed by atoms with Crippen LogP contribution in [0.4, 0.5) is 5.69 Å². The van der Waals surface area contributed by atoms with Gasteiger partial charge in [0.15, 0.2) is 0 Å². The van der Waals surface area contributed by atoms with E-state index < -0.39 is 0 Å². The van der Waals surface area contributed by atoms with Crippen molar-refractivity contribution in [2.24, 2.45) is 5.92 Å². The van der Waals surface area contributed by atoms with Crippen molar-refractivity contribution >= 4 is 16.5 Å². The molecule has 1 aliphatic carbocycles. The summed E-state index contributed by atoms with van der Waals surface area (Å²) in [6, 6.07) is 16.7. The minimum Gasteiger partial charge on any atom is -0.381 e. The monoisotopic (exact) mass is 280 g/mol. The molecule has 0 bridgehead atoms. The predicted molar refractivity (Wildman–Crippen MR) is 89.7 cm³/mol. The van der Waals surface area contributed by atoms with E-state index in [0.717, 1.165) is 12.0 Å². The van der Waals surface area contributed by atoms with E-state index in [0.29, 0.717) is 6.04 Å². The van der Waals surface area contributed by atoms with Gasteiger partial charge in [0.05, 0.1) is 0 Å². The second-order valence-electron chi connectivity index (χ2n) is 6.58. The molecule has 1 saturated carbocycles. The van der Waals surface area contributed by atoms with Gasteiger partial charge < -0.3 is 10.6 Å². The van der Waals surface area contributed by atoms with Gasteiger partial charge in [-0.1, -0.05) is 42.8 Å². The quantitative estimate of drug-likeness (QED) is 0.881. The Kier molecular flexibility index (Phi) is 3.56. The van der Waals surface area contributed by atoms with Crippen LogP contribution in [0.25, 0.3) is 10.8 Å². The lowest BCUT2D eigenvalue weighted by Gasteiger charge is -2.27. The van der Waals surface area contributed by atoms with Gasteiger partial charge in [-0.15, -0.1) is 0 Å². The van der Waals surface area contributed by atoms with Gasteiger partial charge in [-0.05, 0) is 49.6 Å². The van der Waals surface area contributed by atoms with Crippen molar-refractivity contribution in [1.82, 2.24) is 5.32 Å². The van der Waals surface area contributed by atoms with Gasteiger partial charge in [-0.25, -0.2) is 0 Å². The third-order valence-electron chi connectivity index (χ3n) is 5.32. The third kappa shape index (κ3) is 2.53. The van der Waals surface area contributed by atoms with Crippen LogP contribution in [0.1, 0.15) is 32.1 Å². The minimum atomic E-state index is 0.631. The van der Waals surface area contributed by atoms with Crippen LogP contribution in [0.3, 0.4) is 0 Å². The summed E-state index contributed by atoms with van der Waals surface area (Å²) in [5, 5.41) is 10.3. The Morgan fingerprint density at radius 1 is 0.905 bits per heavy atom. The first kappa shape index (κ1) is 13.1. The number of rotatable bonds is 3. The molecular formula is C19H24N2. The number of fused-ring (bicyclic) bond motifs is 1. The Hall–Kier alpha value is -1.54. The van der Waals surface area contributed by atoms with Crippen molar-refractivity contribution in [3.05, 3.63) is 42.5 Å². The fourth-order valence-corrected chi connectivity index (χ4v) is 4.28. The molecule has 2 aromatic rings. The van der Waals surface area contributed by atoms with Gasteiger partial charge in [0.2, 0.25) is 0 Å². The SMILES string of the molecule is c1ccc2c(NC3CCCC3C3CCCN3)cccc2c1. The van der Waals surface area contributed by atoms with E-state index in [1.54, 1.807) is 0 Å². The normalized spacial score (nSPS) is 29.0. The Morgan fingerprint density at radius 3 is 2.71 bits per heavy atom. The standard InChI is InChI=1S/C19H24N2/c1-2-8-15-14(6-1)7-3-10-18(15)21-19-11-4-9-16(19)17-12-5-13-20-17/h1-3,6-8,10,16-17,19-21H,4-5,9,11-13H2. The molecule has 0 radical (unpaired) electrons. The van der Waals surface area contributed by atoms with E-state index in [-0.39, 0.29) is 0 Å². The van der Waals surface area contributed by atoms with Crippen molar-refractivity contribution in [2.45, 2.75) is 44.2 Å². The average molecular weight is 280 g/mol. The topological polar surface area (TPSA) is 24.1 Å². The number of hydrogen-bond acceptors (Lipinski definition) is 2. The van der Waals surface area contributed by atoms with Crippen molar-refractivity contribution in [3.8, 4) is 0 Å². The van der Waals surface area contributed by atoms with Crippen LogP contribution in [0, 0.1) is 5.92 Å². The second-order valence-corrected chi connectivity index (χ2v) is 6.58. The molecule has 1 saturated heterocycles. The molecule has 4 rings (SSSR count). The Bertz CT molecular complexity index is 610. The van der Waals surface area contributed by atoms with E-state index in [1.165, 1.54) is 55.1 Å². The first-order valence-corrected chi connectivity index (χ1v) is 8.39. The smallest absolute Gasteiger partial charge is 0.0422 e. The second kappa shape index (κ2) is 5.69. The lowest BCUT2D eigenvalue weighted by atomic mass is 9.92. The van der Waals surface area contributed by atoms with E-state index in [9.17, 15) is 0 Å². The number of anilines is 1. The van der Waals surface area contributed by atoms with Crippen LogP contribution in [-0.2, 0) is 0 Å². The summed E-state index contributed by atoms with van der Waals surface area (Å²) >= 11 is 0. The Balaban J connectivity index is 1.59. The van der Waals surface area contributed by atoms with Crippen LogP contribution in [0.15, 0.2) is 42.5 Å². The van der Waals surface area contributed by atoms with Crippen molar-refractivity contribution in [1.29, 1.82) is 0 Å². The Labute approximate surface area is 126 Å². The fraction of sp³-hybridized carbons (Fsp3) is 0.474. The summed E-state index contributed by atoms with van der Waals surface area (Å²) < 4.78 is 0. The molecule has 0 spiro atoms. The van der Waals surface area contributed by atoms with Crippen molar-refractivity contribution < 1.29 is 0 Å². The highest BCUT2D eigenvalue weighted by Gasteiger charge is 2.34. The molecule has 2 fully saturated rings. The molecule has 3 unspecified atom stereocenters. The number of hydrogen-bond donors (Lipinski definition) is 2. The lowest BCUT2D eigenvalue weighted by Crippen LogP contribution is -2.38. The molecule has 1 aliphatic heterocycles. The predicted octanol–water partition coefficient (Wildman–Crippen LogP) is 4.17. The van der Waals surface area contributed by atoms with E-state index in [1.807, 2.05) is 0 Å². The van der Waals surface area contributed by atoms with Crippen LogP contribution in [0.2, 0.25) is 0 Å². The molecule has 0 aromatic heterocycles. The summed E-state index contributed by atoms with van der Waals surface area (Å²) in [7, 11) is 0. The summed E-state index contributed by atoms with van der Waals surface area (Å²) in [5.74, 6) is 0.798. The highest BCUT2D eigenvalue weighted by atomic mass is 15.0.